The van der Waals surface area contributed by atoms with E-state index in [4.69, 9.17) is 0 Å². The van der Waals surface area contributed by atoms with Crippen LogP contribution in [-0.4, -0.2) is 5.11 Å². The highest BCUT2D eigenvalue weighted by molar-refractivity contribution is 5.85. The Morgan fingerprint density at radius 2 is 1.45 bits per heavy atom. The number of aliphatic hydroxyl groups excluding tert-OH is 1. The maximum atomic E-state index is 10.5. The zero-order valence-corrected chi connectivity index (χ0v) is 11.4. The Morgan fingerprint density at radius 1 is 0.750 bits per heavy atom. The van der Waals surface area contributed by atoms with Crippen LogP contribution in [0.2, 0.25) is 0 Å². The highest BCUT2D eigenvalue weighted by atomic mass is 16.3. The molecule has 1 N–H and O–H groups in total. The number of hydrogen-bond acceptors (Lipinski definition) is 1. The molecule has 3 aromatic carbocycles. The fourth-order valence-electron chi connectivity index (χ4n) is 2.64. The second-order valence-electron chi connectivity index (χ2n) is 5.11. The summed E-state index contributed by atoms with van der Waals surface area (Å²) in [6.07, 6.45) is 1.23. The van der Waals surface area contributed by atoms with Crippen molar-refractivity contribution in [3.63, 3.8) is 0 Å². The van der Waals surface area contributed by atoms with Gasteiger partial charge in [-0.2, -0.15) is 0 Å². The fourth-order valence-corrected chi connectivity index (χ4v) is 2.64. The number of hydrogen-bond donors (Lipinski definition) is 1. The van der Waals surface area contributed by atoms with E-state index in [1.807, 2.05) is 42.5 Å². The first-order valence-electron chi connectivity index (χ1n) is 7.04. The molecule has 0 aliphatic heterocycles. The lowest BCUT2D eigenvalue weighted by atomic mass is 9.96. The first-order valence-corrected chi connectivity index (χ1v) is 7.04. The predicted octanol–water partition coefficient (Wildman–Crippen LogP) is 4.51. The fraction of sp³-hybridized carbons (Fsp3) is 0.158. The monoisotopic (exact) mass is 262 g/mol. The van der Waals surface area contributed by atoms with Crippen LogP contribution in [0.5, 0.6) is 0 Å². The quantitative estimate of drug-likeness (QED) is 0.733. The molecule has 0 fully saturated rings. The van der Waals surface area contributed by atoms with Crippen molar-refractivity contribution in [2.45, 2.75) is 18.9 Å². The minimum atomic E-state index is -0.415. The van der Waals surface area contributed by atoms with Crippen molar-refractivity contribution in [1.82, 2.24) is 0 Å². The van der Waals surface area contributed by atoms with Crippen molar-refractivity contribution >= 4 is 10.8 Å². The van der Waals surface area contributed by atoms with Gasteiger partial charge in [0.2, 0.25) is 0 Å². The topological polar surface area (TPSA) is 20.2 Å². The van der Waals surface area contributed by atoms with Gasteiger partial charge in [-0.05, 0) is 34.7 Å². The van der Waals surface area contributed by atoms with E-state index in [1.54, 1.807) is 0 Å². The van der Waals surface area contributed by atoms with E-state index in [1.165, 1.54) is 10.9 Å². The third-order valence-electron chi connectivity index (χ3n) is 3.73. The van der Waals surface area contributed by atoms with Gasteiger partial charge in [-0.25, -0.2) is 0 Å². The molecular weight excluding hydrogens is 244 g/mol. The Bertz CT molecular complexity index is 683. The average molecular weight is 262 g/mol. The molecule has 1 nitrogen and oxygen atoms in total. The van der Waals surface area contributed by atoms with Crippen molar-refractivity contribution in [1.29, 1.82) is 0 Å². The van der Waals surface area contributed by atoms with E-state index in [9.17, 15) is 5.11 Å². The van der Waals surface area contributed by atoms with Gasteiger partial charge in [0.25, 0.3) is 0 Å². The molecule has 20 heavy (non-hydrogen) atoms. The van der Waals surface area contributed by atoms with Crippen molar-refractivity contribution in [2.75, 3.05) is 0 Å². The van der Waals surface area contributed by atoms with Gasteiger partial charge in [0.15, 0.2) is 0 Å². The summed E-state index contributed by atoms with van der Waals surface area (Å²) in [6.45, 7) is 0. The van der Waals surface area contributed by atoms with Gasteiger partial charge in [0.05, 0.1) is 6.10 Å². The van der Waals surface area contributed by atoms with E-state index in [0.717, 1.165) is 23.8 Å². The summed E-state index contributed by atoms with van der Waals surface area (Å²) in [5.41, 5.74) is 2.30. The van der Waals surface area contributed by atoms with Gasteiger partial charge < -0.3 is 5.11 Å². The van der Waals surface area contributed by atoms with Gasteiger partial charge in [0.1, 0.15) is 0 Å². The van der Waals surface area contributed by atoms with Crippen LogP contribution in [0.3, 0.4) is 0 Å². The van der Waals surface area contributed by atoms with E-state index in [2.05, 4.69) is 30.3 Å². The predicted molar refractivity (Wildman–Crippen MR) is 83.7 cm³/mol. The maximum Gasteiger partial charge on any atom is 0.0799 e. The molecule has 3 aromatic rings. The summed E-state index contributed by atoms with van der Waals surface area (Å²) in [5.74, 6) is 0. The Morgan fingerprint density at radius 3 is 2.30 bits per heavy atom. The molecule has 0 aromatic heterocycles. The molecule has 0 saturated heterocycles. The molecule has 1 atom stereocenters. The molecule has 100 valence electrons. The standard InChI is InChI=1S/C19H18O/c20-19(14-13-15-7-2-1-3-8-15)18-12-6-10-16-9-4-5-11-17(16)18/h1-12,19-20H,13-14H2. The van der Waals surface area contributed by atoms with Gasteiger partial charge >= 0.3 is 0 Å². The summed E-state index contributed by atoms with van der Waals surface area (Å²) >= 11 is 0. The first kappa shape index (κ1) is 12.9. The van der Waals surface area contributed by atoms with Gasteiger partial charge in [-0.15, -0.1) is 0 Å². The highest BCUT2D eigenvalue weighted by Crippen LogP contribution is 2.27. The molecule has 0 saturated carbocycles. The molecule has 1 unspecified atom stereocenters. The lowest BCUT2D eigenvalue weighted by molar-refractivity contribution is 0.169. The summed E-state index contributed by atoms with van der Waals surface area (Å²) in [7, 11) is 0. The molecule has 0 aliphatic rings. The number of benzene rings is 3. The zero-order chi connectivity index (χ0) is 13.8. The lowest BCUT2D eigenvalue weighted by Crippen LogP contribution is -2.00. The van der Waals surface area contributed by atoms with E-state index >= 15 is 0 Å². The van der Waals surface area contributed by atoms with E-state index in [0.29, 0.717) is 0 Å². The van der Waals surface area contributed by atoms with Crippen molar-refractivity contribution < 1.29 is 5.11 Å². The normalized spacial score (nSPS) is 12.4. The summed E-state index contributed by atoms with van der Waals surface area (Å²) in [5, 5.41) is 12.8. The van der Waals surface area contributed by atoms with Crippen LogP contribution >= 0.6 is 0 Å². The molecule has 0 heterocycles. The minimum absolute atomic E-state index is 0.415. The largest absolute Gasteiger partial charge is 0.388 e. The van der Waals surface area contributed by atoms with Crippen LogP contribution in [0.25, 0.3) is 10.8 Å². The van der Waals surface area contributed by atoms with Crippen molar-refractivity contribution in [2.24, 2.45) is 0 Å². The number of aryl methyl sites for hydroxylation is 1. The third-order valence-corrected chi connectivity index (χ3v) is 3.73. The molecule has 0 radical (unpaired) electrons. The van der Waals surface area contributed by atoms with Crippen LogP contribution in [0.4, 0.5) is 0 Å². The van der Waals surface area contributed by atoms with Crippen LogP contribution in [0, 0.1) is 0 Å². The van der Waals surface area contributed by atoms with Gasteiger partial charge in [-0.1, -0.05) is 72.8 Å². The zero-order valence-electron chi connectivity index (χ0n) is 11.4. The Kier molecular flexibility index (Phi) is 3.80. The molecule has 0 bridgehead atoms. The minimum Gasteiger partial charge on any atom is -0.388 e. The van der Waals surface area contributed by atoms with Crippen LogP contribution in [0.1, 0.15) is 23.7 Å². The van der Waals surface area contributed by atoms with Crippen molar-refractivity contribution in [3.05, 3.63) is 83.9 Å². The smallest absolute Gasteiger partial charge is 0.0799 e. The van der Waals surface area contributed by atoms with Gasteiger partial charge in [0, 0.05) is 0 Å². The van der Waals surface area contributed by atoms with Crippen molar-refractivity contribution in [3.8, 4) is 0 Å². The molecule has 0 aliphatic carbocycles. The van der Waals surface area contributed by atoms with E-state index in [-0.39, 0.29) is 0 Å². The van der Waals surface area contributed by atoms with Crippen LogP contribution in [0.15, 0.2) is 72.8 Å². The van der Waals surface area contributed by atoms with E-state index < -0.39 is 6.10 Å². The molecule has 1 heteroatoms. The molecule has 0 amide bonds. The Balaban J connectivity index is 1.80. The molecular formula is C19H18O. The average Bonchev–Trinajstić information content (AvgIpc) is 2.53. The maximum absolute atomic E-state index is 10.5. The Labute approximate surface area is 119 Å². The highest BCUT2D eigenvalue weighted by Gasteiger charge is 2.10. The Hall–Kier alpha value is -2.12. The van der Waals surface area contributed by atoms with Gasteiger partial charge in [-0.3, -0.25) is 0 Å². The number of fused-ring (bicyclic) bond motifs is 1. The number of rotatable bonds is 4. The molecule has 0 spiro atoms. The summed E-state index contributed by atoms with van der Waals surface area (Å²) in [6, 6.07) is 24.7. The summed E-state index contributed by atoms with van der Waals surface area (Å²) < 4.78 is 0. The molecule has 3 rings (SSSR count). The SMILES string of the molecule is OC(CCc1ccccc1)c1cccc2ccccc12. The van der Waals surface area contributed by atoms with Crippen LogP contribution < -0.4 is 0 Å². The second-order valence-corrected chi connectivity index (χ2v) is 5.11. The number of aliphatic hydroxyl groups is 1. The first-order chi connectivity index (χ1) is 9.84. The lowest BCUT2D eigenvalue weighted by Gasteiger charge is -2.13. The van der Waals surface area contributed by atoms with Crippen LogP contribution in [-0.2, 0) is 6.42 Å². The second kappa shape index (κ2) is 5.89. The third kappa shape index (κ3) is 2.73. The summed E-state index contributed by atoms with van der Waals surface area (Å²) in [4.78, 5) is 0.